The van der Waals surface area contributed by atoms with Gasteiger partial charge in [0.25, 0.3) is 0 Å². The molecule has 0 aliphatic heterocycles. The van der Waals surface area contributed by atoms with Crippen LogP contribution in [0.3, 0.4) is 0 Å². The predicted molar refractivity (Wildman–Crippen MR) is 112 cm³/mol. The smallest absolute Gasteiger partial charge is 0.336 e. The molecule has 0 aliphatic rings. The molecule has 1 amide bonds. The molecule has 0 radical (unpaired) electrons. The second-order valence-corrected chi connectivity index (χ2v) is 7.99. The van der Waals surface area contributed by atoms with E-state index in [0.29, 0.717) is 17.3 Å². The molecule has 0 aliphatic carbocycles. The van der Waals surface area contributed by atoms with Crippen molar-refractivity contribution in [2.75, 3.05) is 5.32 Å². The summed E-state index contributed by atoms with van der Waals surface area (Å²) in [5.41, 5.74) is 4.46. The molecule has 0 saturated carbocycles. The lowest BCUT2D eigenvalue weighted by atomic mass is 9.95. The second-order valence-electron chi connectivity index (χ2n) is 6.94. The van der Waals surface area contributed by atoms with Gasteiger partial charge < -0.3 is 9.73 Å². The summed E-state index contributed by atoms with van der Waals surface area (Å²) in [5.74, 6) is 0.986. The average Bonchev–Trinajstić information content (AvgIpc) is 2.59. The van der Waals surface area contributed by atoms with Crippen LogP contribution >= 0.6 is 11.8 Å². The van der Waals surface area contributed by atoms with Crippen LogP contribution in [0.4, 0.5) is 5.69 Å². The molecule has 27 heavy (non-hydrogen) atoms. The lowest BCUT2D eigenvalue weighted by Crippen LogP contribution is -2.05. The standard InChI is InChI=1S/C22H23NO3S/c1-13(2)19-11-20-16(10-22(25)26-21(20)9-14(19)3)12-27-18-7-5-17(6-8-18)23-15(4)24/h5-11,13H,12H2,1-4H3,(H,23,24). The first-order chi connectivity index (χ1) is 12.8. The van der Waals surface area contributed by atoms with Crippen LogP contribution in [0.2, 0.25) is 0 Å². The summed E-state index contributed by atoms with van der Waals surface area (Å²) in [6.45, 7) is 7.87. The molecule has 1 aromatic heterocycles. The van der Waals surface area contributed by atoms with Gasteiger partial charge in [-0.1, -0.05) is 13.8 Å². The van der Waals surface area contributed by atoms with E-state index in [0.717, 1.165) is 27.1 Å². The molecular formula is C22H23NO3S. The van der Waals surface area contributed by atoms with E-state index in [1.807, 2.05) is 37.3 Å². The Bertz CT molecular complexity index is 1040. The molecule has 3 aromatic rings. The van der Waals surface area contributed by atoms with E-state index >= 15 is 0 Å². The molecule has 1 N–H and O–H groups in total. The Labute approximate surface area is 163 Å². The summed E-state index contributed by atoms with van der Waals surface area (Å²) < 4.78 is 5.42. The minimum Gasteiger partial charge on any atom is -0.423 e. The Morgan fingerprint density at radius 2 is 1.85 bits per heavy atom. The van der Waals surface area contributed by atoms with Gasteiger partial charge in [-0.3, -0.25) is 4.79 Å². The number of hydrogen-bond acceptors (Lipinski definition) is 4. The largest absolute Gasteiger partial charge is 0.423 e. The Morgan fingerprint density at radius 1 is 1.15 bits per heavy atom. The number of hydrogen-bond donors (Lipinski definition) is 1. The van der Waals surface area contributed by atoms with Crippen LogP contribution in [0, 0.1) is 6.92 Å². The number of carbonyl (C=O) groups excluding carboxylic acids is 1. The van der Waals surface area contributed by atoms with Gasteiger partial charge in [-0.05, 0) is 65.9 Å². The van der Waals surface area contributed by atoms with Crippen molar-refractivity contribution in [3.63, 3.8) is 0 Å². The molecule has 0 fully saturated rings. The fourth-order valence-corrected chi connectivity index (χ4v) is 4.02. The molecular weight excluding hydrogens is 358 g/mol. The number of rotatable bonds is 5. The topological polar surface area (TPSA) is 59.3 Å². The van der Waals surface area contributed by atoms with Crippen molar-refractivity contribution in [2.45, 2.75) is 44.3 Å². The molecule has 0 saturated heterocycles. The molecule has 0 atom stereocenters. The van der Waals surface area contributed by atoms with Crippen LogP contribution < -0.4 is 10.9 Å². The lowest BCUT2D eigenvalue weighted by molar-refractivity contribution is -0.114. The van der Waals surface area contributed by atoms with Crippen molar-refractivity contribution in [2.24, 2.45) is 0 Å². The highest BCUT2D eigenvalue weighted by Crippen LogP contribution is 2.30. The predicted octanol–water partition coefficient (Wildman–Crippen LogP) is 5.48. The second kappa shape index (κ2) is 8.01. The van der Waals surface area contributed by atoms with Crippen LogP contribution in [0.15, 0.2) is 56.6 Å². The van der Waals surface area contributed by atoms with E-state index in [1.165, 1.54) is 12.5 Å². The molecule has 0 bridgehead atoms. The highest BCUT2D eigenvalue weighted by Gasteiger charge is 2.11. The molecule has 2 aromatic carbocycles. The average molecular weight is 381 g/mol. The van der Waals surface area contributed by atoms with Crippen molar-refractivity contribution in [1.82, 2.24) is 0 Å². The van der Waals surface area contributed by atoms with Crippen molar-refractivity contribution >= 4 is 34.3 Å². The minimum atomic E-state index is -0.323. The Balaban J connectivity index is 1.88. The highest BCUT2D eigenvalue weighted by atomic mass is 32.2. The van der Waals surface area contributed by atoms with Crippen molar-refractivity contribution in [3.05, 3.63) is 69.6 Å². The number of fused-ring (bicyclic) bond motifs is 1. The third-order valence-electron chi connectivity index (χ3n) is 4.41. The van der Waals surface area contributed by atoms with E-state index in [1.54, 1.807) is 17.8 Å². The van der Waals surface area contributed by atoms with Crippen LogP contribution in [0.25, 0.3) is 11.0 Å². The molecule has 0 unspecified atom stereocenters. The summed E-state index contributed by atoms with van der Waals surface area (Å²) >= 11 is 1.65. The Kier molecular flexibility index (Phi) is 5.71. The molecule has 5 heteroatoms. The van der Waals surface area contributed by atoms with Gasteiger partial charge in [0, 0.05) is 34.7 Å². The zero-order chi connectivity index (χ0) is 19.6. The summed E-state index contributed by atoms with van der Waals surface area (Å²) in [6, 6.07) is 13.4. The van der Waals surface area contributed by atoms with Crippen molar-refractivity contribution in [3.8, 4) is 0 Å². The first kappa shape index (κ1) is 19.2. The quantitative estimate of drug-likeness (QED) is 0.470. The highest BCUT2D eigenvalue weighted by molar-refractivity contribution is 7.98. The lowest BCUT2D eigenvalue weighted by Gasteiger charge is -2.13. The normalized spacial score (nSPS) is 11.1. The number of aryl methyl sites for hydroxylation is 1. The first-order valence-electron chi connectivity index (χ1n) is 8.91. The van der Waals surface area contributed by atoms with Gasteiger partial charge in [0.2, 0.25) is 5.91 Å². The monoisotopic (exact) mass is 381 g/mol. The van der Waals surface area contributed by atoms with Gasteiger partial charge in [0.1, 0.15) is 5.58 Å². The summed E-state index contributed by atoms with van der Waals surface area (Å²) in [5, 5.41) is 3.75. The minimum absolute atomic E-state index is 0.0888. The number of carbonyl (C=O) groups is 1. The van der Waals surface area contributed by atoms with Gasteiger partial charge in [-0.15, -0.1) is 11.8 Å². The first-order valence-corrected chi connectivity index (χ1v) is 9.90. The number of anilines is 1. The summed E-state index contributed by atoms with van der Waals surface area (Å²) in [7, 11) is 0. The van der Waals surface area contributed by atoms with Gasteiger partial charge in [-0.2, -0.15) is 0 Å². The van der Waals surface area contributed by atoms with Crippen LogP contribution in [-0.2, 0) is 10.5 Å². The number of nitrogens with one attached hydrogen (secondary N) is 1. The van der Waals surface area contributed by atoms with E-state index in [9.17, 15) is 9.59 Å². The molecule has 1 heterocycles. The zero-order valence-electron chi connectivity index (χ0n) is 16.0. The van der Waals surface area contributed by atoms with Gasteiger partial charge in [0.15, 0.2) is 0 Å². The summed E-state index contributed by atoms with van der Waals surface area (Å²) in [6.07, 6.45) is 0. The van der Waals surface area contributed by atoms with Crippen LogP contribution in [-0.4, -0.2) is 5.91 Å². The third kappa shape index (κ3) is 4.61. The third-order valence-corrected chi connectivity index (χ3v) is 5.47. The van der Waals surface area contributed by atoms with Crippen molar-refractivity contribution in [1.29, 1.82) is 0 Å². The van der Waals surface area contributed by atoms with Gasteiger partial charge in [0.05, 0.1) is 0 Å². The van der Waals surface area contributed by atoms with Gasteiger partial charge >= 0.3 is 5.63 Å². The fourth-order valence-electron chi connectivity index (χ4n) is 3.13. The van der Waals surface area contributed by atoms with Gasteiger partial charge in [-0.25, -0.2) is 4.79 Å². The number of benzene rings is 2. The number of amides is 1. The fraction of sp³-hybridized carbons (Fsp3) is 0.273. The van der Waals surface area contributed by atoms with E-state index < -0.39 is 0 Å². The maximum absolute atomic E-state index is 12.0. The molecule has 0 spiro atoms. The molecule has 3 rings (SSSR count). The van der Waals surface area contributed by atoms with Crippen LogP contribution in [0.1, 0.15) is 43.4 Å². The Hall–Kier alpha value is -2.53. The van der Waals surface area contributed by atoms with E-state index in [2.05, 4.69) is 25.2 Å². The maximum atomic E-state index is 12.0. The van der Waals surface area contributed by atoms with Crippen molar-refractivity contribution < 1.29 is 9.21 Å². The summed E-state index contributed by atoms with van der Waals surface area (Å²) in [4.78, 5) is 24.2. The maximum Gasteiger partial charge on any atom is 0.336 e. The van der Waals surface area contributed by atoms with Crippen LogP contribution in [0.5, 0.6) is 0 Å². The SMILES string of the molecule is CC(=O)Nc1ccc(SCc2cc(=O)oc3cc(C)c(C(C)C)cc23)cc1. The van der Waals surface area contributed by atoms with E-state index in [-0.39, 0.29) is 11.5 Å². The molecule has 140 valence electrons. The number of thioether (sulfide) groups is 1. The van der Waals surface area contributed by atoms with E-state index in [4.69, 9.17) is 4.42 Å². The Morgan fingerprint density at radius 3 is 2.48 bits per heavy atom. The molecule has 4 nitrogen and oxygen atoms in total. The zero-order valence-corrected chi connectivity index (χ0v) is 16.8.